The van der Waals surface area contributed by atoms with Crippen LogP contribution in [0.5, 0.6) is 0 Å². The van der Waals surface area contributed by atoms with Gasteiger partial charge in [-0.2, -0.15) is 5.10 Å². The molecule has 1 aromatic carbocycles. The van der Waals surface area contributed by atoms with Crippen molar-refractivity contribution >= 4 is 17.6 Å². The third-order valence-corrected chi connectivity index (χ3v) is 3.29. The lowest BCUT2D eigenvalue weighted by Crippen LogP contribution is -2.32. The summed E-state index contributed by atoms with van der Waals surface area (Å²) in [6.07, 6.45) is 3.58. The summed E-state index contributed by atoms with van der Waals surface area (Å²) >= 11 is 0. The van der Waals surface area contributed by atoms with Crippen LogP contribution in [-0.4, -0.2) is 38.3 Å². The average Bonchev–Trinajstić information content (AvgIpc) is 3.06. The van der Waals surface area contributed by atoms with Gasteiger partial charge in [-0.05, 0) is 24.1 Å². The first-order valence-corrected chi connectivity index (χ1v) is 6.14. The topological polar surface area (TPSA) is 88.3 Å². The number of benzene rings is 1. The lowest BCUT2D eigenvalue weighted by molar-refractivity contribution is -0.119. The van der Waals surface area contributed by atoms with Crippen LogP contribution in [0.4, 0.5) is 5.69 Å². The van der Waals surface area contributed by atoms with E-state index in [0.717, 1.165) is 12.0 Å². The van der Waals surface area contributed by atoms with Crippen molar-refractivity contribution in [3.8, 4) is 0 Å². The van der Waals surface area contributed by atoms with Gasteiger partial charge in [0, 0.05) is 12.2 Å². The first-order valence-electron chi connectivity index (χ1n) is 6.14. The molecule has 0 fully saturated rings. The maximum absolute atomic E-state index is 12.2. The lowest BCUT2D eigenvalue weighted by Gasteiger charge is -2.17. The van der Waals surface area contributed by atoms with Gasteiger partial charge < -0.3 is 10.0 Å². The van der Waals surface area contributed by atoms with Gasteiger partial charge in [0.1, 0.15) is 19.2 Å². The number of rotatable bonds is 3. The zero-order chi connectivity index (χ0) is 14.1. The molecule has 1 N–H and O–H groups in total. The number of nitrogens with zero attached hydrogens (tertiary/aromatic N) is 4. The van der Waals surface area contributed by atoms with E-state index in [2.05, 4.69) is 10.1 Å². The number of carboxylic acids is 1. The molecule has 1 aliphatic rings. The Morgan fingerprint density at radius 1 is 1.35 bits per heavy atom. The second kappa shape index (κ2) is 4.76. The highest BCUT2D eigenvalue weighted by molar-refractivity contribution is 5.97. The molecule has 2 heterocycles. The molecule has 0 saturated carbocycles. The Balaban J connectivity index is 1.86. The number of hydrogen-bond acceptors (Lipinski definition) is 4. The van der Waals surface area contributed by atoms with Gasteiger partial charge in [-0.3, -0.25) is 4.79 Å². The largest absolute Gasteiger partial charge is 0.478 e. The van der Waals surface area contributed by atoms with Crippen molar-refractivity contribution in [3.63, 3.8) is 0 Å². The molecule has 2 aromatic rings. The minimum absolute atomic E-state index is 0.0940. The highest BCUT2D eigenvalue weighted by Gasteiger charge is 2.25. The molecule has 0 atom stereocenters. The predicted octanol–water partition coefficient (Wildman–Crippen LogP) is 0.566. The maximum atomic E-state index is 12.2. The summed E-state index contributed by atoms with van der Waals surface area (Å²) in [7, 11) is 0. The standard InChI is InChI=1S/C13H12N4O3/c18-12(6-16-8-14-7-15-16)17-4-3-9-1-2-10(13(19)20)5-11(9)17/h1-2,5,7-8H,3-4,6H2,(H,19,20). The van der Waals surface area contributed by atoms with E-state index in [1.807, 2.05) is 0 Å². The van der Waals surface area contributed by atoms with Crippen LogP contribution in [-0.2, 0) is 17.8 Å². The van der Waals surface area contributed by atoms with E-state index >= 15 is 0 Å². The van der Waals surface area contributed by atoms with Crippen molar-refractivity contribution < 1.29 is 14.7 Å². The number of carbonyl (C=O) groups excluding carboxylic acids is 1. The van der Waals surface area contributed by atoms with E-state index in [4.69, 9.17) is 5.11 Å². The molecule has 1 amide bonds. The van der Waals surface area contributed by atoms with Crippen LogP contribution >= 0.6 is 0 Å². The zero-order valence-electron chi connectivity index (χ0n) is 10.6. The van der Waals surface area contributed by atoms with Crippen molar-refractivity contribution in [2.24, 2.45) is 0 Å². The van der Waals surface area contributed by atoms with E-state index in [0.29, 0.717) is 12.2 Å². The molecule has 3 rings (SSSR count). The molecule has 0 bridgehead atoms. The molecule has 0 radical (unpaired) electrons. The van der Waals surface area contributed by atoms with Crippen LogP contribution in [0.1, 0.15) is 15.9 Å². The first kappa shape index (κ1) is 12.3. The summed E-state index contributed by atoms with van der Waals surface area (Å²) < 4.78 is 1.45. The molecular formula is C13H12N4O3. The molecular weight excluding hydrogens is 260 g/mol. The van der Waals surface area contributed by atoms with Crippen LogP contribution < -0.4 is 4.90 Å². The monoisotopic (exact) mass is 272 g/mol. The van der Waals surface area contributed by atoms with Crippen LogP contribution in [0.25, 0.3) is 0 Å². The van der Waals surface area contributed by atoms with Gasteiger partial charge in [-0.1, -0.05) is 6.07 Å². The van der Waals surface area contributed by atoms with Gasteiger partial charge in [0.25, 0.3) is 0 Å². The highest BCUT2D eigenvalue weighted by atomic mass is 16.4. The second-order valence-corrected chi connectivity index (χ2v) is 4.54. The number of carbonyl (C=O) groups is 2. The van der Waals surface area contributed by atoms with Crippen LogP contribution in [0.2, 0.25) is 0 Å². The molecule has 7 nitrogen and oxygen atoms in total. The molecule has 0 saturated heterocycles. The molecule has 0 spiro atoms. The second-order valence-electron chi connectivity index (χ2n) is 4.54. The highest BCUT2D eigenvalue weighted by Crippen LogP contribution is 2.29. The smallest absolute Gasteiger partial charge is 0.335 e. The van der Waals surface area contributed by atoms with Crippen LogP contribution in [0.3, 0.4) is 0 Å². The molecule has 0 unspecified atom stereocenters. The SMILES string of the molecule is O=C(O)c1ccc2c(c1)N(C(=O)Cn1cncn1)CC2. The van der Waals surface area contributed by atoms with E-state index in [-0.39, 0.29) is 18.0 Å². The normalized spacial score (nSPS) is 13.3. The Labute approximate surface area is 114 Å². The molecule has 0 aliphatic carbocycles. The fraction of sp³-hybridized carbons (Fsp3) is 0.231. The maximum Gasteiger partial charge on any atom is 0.335 e. The molecule has 1 aliphatic heterocycles. The van der Waals surface area contributed by atoms with E-state index in [1.165, 1.54) is 17.3 Å². The minimum atomic E-state index is -0.997. The summed E-state index contributed by atoms with van der Waals surface area (Å²) in [5, 5.41) is 12.9. The Morgan fingerprint density at radius 3 is 2.90 bits per heavy atom. The number of fused-ring (bicyclic) bond motifs is 1. The van der Waals surface area contributed by atoms with Crippen LogP contribution in [0, 0.1) is 0 Å². The van der Waals surface area contributed by atoms with E-state index < -0.39 is 5.97 Å². The Hall–Kier alpha value is -2.70. The number of carboxylic acid groups (broad SMARTS) is 1. The Bertz CT molecular complexity index is 666. The fourth-order valence-electron chi connectivity index (χ4n) is 2.31. The first-order chi connectivity index (χ1) is 9.65. The number of amides is 1. The lowest BCUT2D eigenvalue weighted by atomic mass is 10.1. The quantitative estimate of drug-likeness (QED) is 0.882. The Kier molecular flexibility index (Phi) is 2.94. The molecule has 20 heavy (non-hydrogen) atoms. The summed E-state index contributed by atoms with van der Waals surface area (Å²) in [5.41, 5.74) is 1.85. The van der Waals surface area contributed by atoms with Crippen molar-refractivity contribution in [1.82, 2.24) is 14.8 Å². The number of aromatic carboxylic acids is 1. The van der Waals surface area contributed by atoms with Gasteiger partial charge in [0.15, 0.2) is 0 Å². The number of aromatic nitrogens is 3. The summed E-state index contributed by atoms with van der Waals surface area (Å²) in [6.45, 7) is 0.655. The average molecular weight is 272 g/mol. The van der Waals surface area contributed by atoms with Crippen LogP contribution in [0.15, 0.2) is 30.9 Å². The predicted molar refractivity (Wildman–Crippen MR) is 69.5 cm³/mol. The summed E-state index contributed by atoms with van der Waals surface area (Å²) in [5.74, 6) is -1.12. The number of hydrogen-bond donors (Lipinski definition) is 1. The van der Waals surface area contributed by atoms with Crippen molar-refractivity contribution in [2.75, 3.05) is 11.4 Å². The van der Waals surface area contributed by atoms with Gasteiger partial charge in [0.2, 0.25) is 5.91 Å². The fourth-order valence-corrected chi connectivity index (χ4v) is 2.31. The minimum Gasteiger partial charge on any atom is -0.478 e. The summed E-state index contributed by atoms with van der Waals surface area (Å²) in [6, 6.07) is 4.87. The number of anilines is 1. The van der Waals surface area contributed by atoms with Crippen molar-refractivity contribution in [3.05, 3.63) is 42.0 Å². The summed E-state index contributed by atoms with van der Waals surface area (Å²) in [4.78, 5) is 28.6. The van der Waals surface area contributed by atoms with Gasteiger partial charge in [-0.15, -0.1) is 0 Å². The molecule has 102 valence electrons. The zero-order valence-corrected chi connectivity index (χ0v) is 10.6. The van der Waals surface area contributed by atoms with Gasteiger partial charge in [-0.25, -0.2) is 14.5 Å². The van der Waals surface area contributed by atoms with Crippen molar-refractivity contribution in [2.45, 2.75) is 13.0 Å². The molecule has 7 heteroatoms. The van der Waals surface area contributed by atoms with Gasteiger partial charge in [0.05, 0.1) is 5.56 Å². The Morgan fingerprint density at radius 2 is 2.20 bits per heavy atom. The van der Waals surface area contributed by atoms with Gasteiger partial charge >= 0.3 is 5.97 Å². The molecule has 1 aromatic heterocycles. The third kappa shape index (κ3) is 2.13. The van der Waals surface area contributed by atoms with E-state index in [1.54, 1.807) is 23.1 Å². The third-order valence-electron chi connectivity index (χ3n) is 3.29. The van der Waals surface area contributed by atoms with Crippen molar-refractivity contribution in [1.29, 1.82) is 0 Å². The van der Waals surface area contributed by atoms with E-state index in [9.17, 15) is 9.59 Å².